The summed E-state index contributed by atoms with van der Waals surface area (Å²) >= 11 is 5.25. The minimum absolute atomic E-state index is 0.212. The van der Waals surface area contributed by atoms with Gasteiger partial charge in [0.1, 0.15) is 5.82 Å². The molecule has 1 N–H and O–H groups in total. The molecule has 0 atom stereocenters. The van der Waals surface area contributed by atoms with Gasteiger partial charge in [0.15, 0.2) is 11.1 Å². The highest BCUT2D eigenvalue weighted by atomic mass is 32.1. The summed E-state index contributed by atoms with van der Waals surface area (Å²) in [6, 6.07) is 4.61. The Labute approximate surface area is 116 Å². The van der Waals surface area contributed by atoms with Crippen molar-refractivity contribution in [1.82, 2.24) is 9.55 Å². The molecular weight excluding hydrogens is 267 g/mol. The van der Waals surface area contributed by atoms with E-state index in [0.717, 1.165) is 23.9 Å². The lowest BCUT2D eigenvalue weighted by Crippen LogP contribution is -2.13. The number of nitrogens with zero attached hydrogens (tertiary/aromatic N) is 1. The summed E-state index contributed by atoms with van der Waals surface area (Å²) in [5.74, 6) is -0.262. The van der Waals surface area contributed by atoms with Crippen molar-refractivity contribution in [2.45, 2.75) is 25.7 Å². The first-order chi connectivity index (χ1) is 9.15. The van der Waals surface area contributed by atoms with Crippen LogP contribution in [0.1, 0.15) is 12.8 Å². The lowest BCUT2D eigenvalue weighted by atomic mass is 10.2. The van der Waals surface area contributed by atoms with Crippen LogP contribution in [0.3, 0.4) is 0 Å². The number of halogens is 1. The van der Waals surface area contributed by atoms with Gasteiger partial charge in [-0.15, -0.1) is 0 Å². The first kappa shape index (κ1) is 14.2. The molecule has 2 rings (SSSR count). The number of methoxy groups -OCH3 is 2. The third-order valence-electron chi connectivity index (χ3n) is 3.08. The fourth-order valence-electron chi connectivity index (χ4n) is 2.10. The van der Waals surface area contributed by atoms with Crippen LogP contribution < -0.4 is 0 Å². The third kappa shape index (κ3) is 3.20. The smallest absolute Gasteiger partial charge is 0.178 e. The van der Waals surface area contributed by atoms with Crippen LogP contribution in [0.15, 0.2) is 18.2 Å². The number of aromatic amines is 1. The summed E-state index contributed by atoms with van der Waals surface area (Å²) in [6.45, 7) is 0.700. The van der Waals surface area contributed by atoms with Gasteiger partial charge in [0.25, 0.3) is 0 Å². The molecule has 1 aromatic heterocycles. The number of benzene rings is 1. The van der Waals surface area contributed by atoms with Crippen LogP contribution in [0.25, 0.3) is 11.0 Å². The van der Waals surface area contributed by atoms with E-state index in [1.54, 1.807) is 20.3 Å². The zero-order chi connectivity index (χ0) is 13.8. The Morgan fingerprint density at radius 3 is 2.79 bits per heavy atom. The van der Waals surface area contributed by atoms with E-state index in [-0.39, 0.29) is 12.1 Å². The number of hydrogen-bond acceptors (Lipinski definition) is 3. The average molecular weight is 284 g/mol. The molecule has 19 heavy (non-hydrogen) atoms. The minimum Gasteiger partial charge on any atom is -0.356 e. The SMILES string of the molecule is COC(CCCn1c(=S)[nH]c2ccc(F)cc21)OC. The number of H-pyrrole nitrogens is 1. The molecule has 0 amide bonds. The standard InChI is InChI=1S/C13H17FN2O2S/c1-17-12(18-2)4-3-7-16-11-8-9(14)5-6-10(11)15-13(16)19/h5-6,8,12H,3-4,7H2,1-2H3,(H,15,19). The summed E-state index contributed by atoms with van der Waals surface area (Å²) in [7, 11) is 3.22. The Kier molecular flexibility index (Phi) is 4.68. The van der Waals surface area contributed by atoms with Gasteiger partial charge in [-0.2, -0.15) is 0 Å². The maximum absolute atomic E-state index is 13.3. The Bertz CT molecular complexity index is 604. The van der Waals surface area contributed by atoms with Crippen molar-refractivity contribution in [1.29, 1.82) is 0 Å². The molecule has 4 nitrogen and oxygen atoms in total. The maximum atomic E-state index is 13.3. The second kappa shape index (κ2) is 6.27. The Balaban J connectivity index is 2.14. The van der Waals surface area contributed by atoms with E-state index >= 15 is 0 Å². The molecule has 0 radical (unpaired) electrons. The van der Waals surface area contributed by atoms with Crippen LogP contribution in [0.5, 0.6) is 0 Å². The van der Waals surface area contributed by atoms with Crippen molar-refractivity contribution in [2.24, 2.45) is 0 Å². The average Bonchev–Trinajstić information content (AvgIpc) is 2.71. The zero-order valence-corrected chi connectivity index (χ0v) is 11.8. The second-order valence-electron chi connectivity index (χ2n) is 4.29. The zero-order valence-electron chi connectivity index (χ0n) is 11.0. The number of nitrogens with one attached hydrogen (secondary N) is 1. The first-order valence-electron chi connectivity index (χ1n) is 6.09. The van der Waals surface area contributed by atoms with E-state index < -0.39 is 0 Å². The number of aromatic nitrogens is 2. The molecule has 0 spiro atoms. The van der Waals surface area contributed by atoms with E-state index in [9.17, 15) is 4.39 Å². The lowest BCUT2D eigenvalue weighted by molar-refractivity contribution is -0.107. The number of aryl methyl sites for hydroxylation is 1. The number of ether oxygens (including phenoxy) is 2. The van der Waals surface area contributed by atoms with E-state index in [2.05, 4.69) is 4.98 Å². The van der Waals surface area contributed by atoms with Gasteiger partial charge in [-0.1, -0.05) is 0 Å². The van der Waals surface area contributed by atoms with Gasteiger partial charge in [0.2, 0.25) is 0 Å². The summed E-state index contributed by atoms with van der Waals surface area (Å²) in [6.07, 6.45) is 1.39. The predicted molar refractivity (Wildman–Crippen MR) is 74.1 cm³/mol. The molecule has 0 bridgehead atoms. The molecule has 0 aliphatic heterocycles. The Morgan fingerprint density at radius 1 is 1.37 bits per heavy atom. The van der Waals surface area contributed by atoms with Crippen molar-refractivity contribution in [3.05, 3.63) is 28.8 Å². The van der Waals surface area contributed by atoms with Crippen LogP contribution in [0.2, 0.25) is 0 Å². The van der Waals surface area contributed by atoms with Crippen LogP contribution in [0, 0.1) is 10.6 Å². The molecule has 1 heterocycles. The van der Waals surface area contributed by atoms with Crippen molar-refractivity contribution in [3.8, 4) is 0 Å². The van der Waals surface area contributed by atoms with Crippen molar-refractivity contribution in [2.75, 3.05) is 14.2 Å². The van der Waals surface area contributed by atoms with Crippen LogP contribution in [-0.2, 0) is 16.0 Å². The summed E-state index contributed by atoms with van der Waals surface area (Å²) in [4.78, 5) is 3.07. The molecular formula is C13H17FN2O2S. The Hall–Kier alpha value is -1.24. The summed E-state index contributed by atoms with van der Waals surface area (Å²) < 4.78 is 26.0. The molecule has 2 aromatic rings. The van der Waals surface area contributed by atoms with Gasteiger partial charge in [-0.25, -0.2) is 4.39 Å². The maximum Gasteiger partial charge on any atom is 0.178 e. The highest BCUT2D eigenvalue weighted by molar-refractivity contribution is 7.71. The molecule has 0 fully saturated rings. The van der Waals surface area contributed by atoms with Gasteiger partial charge in [0, 0.05) is 27.2 Å². The molecule has 0 saturated heterocycles. The number of fused-ring (bicyclic) bond motifs is 1. The van der Waals surface area contributed by atoms with Gasteiger partial charge in [0.05, 0.1) is 11.0 Å². The fraction of sp³-hybridized carbons (Fsp3) is 0.462. The highest BCUT2D eigenvalue weighted by Gasteiger charge is 2.08. The van der Waals surface area contributed by atoms with Crippen LogP contribution in [-0.4, -0.2) is 30.1 Å². The molecule has 6 heteroatoms. The molecule has 0 aliphatic carbocycles. The predicted octanol–water partition coefficient (Wildman–Crippen LogP) is 3.24. The van der Waals surface area contributed by atoms with Crippen LogP contribution in [0.4, 0.5) is 4.39 Å². The summed E-state index contributed by atoms with van der Waals surface area (Å²) in [5, 5.41) is 0. The fourth-order valence-corrected chi connectivity index (χ4v) is 2.40. The Morgan fingerprint density at radius 2 is 2.11 bits per heavy atom. The number of rotatable bonds is 6. The largest absolute Gasteiger partial charge is 0.356 e. The van der Waals surface area contributed by atoms with E-state index in [1.165, 1.54) is 12.1 Å². The number of imidazole rings is 1. The molecule has 0 aliphatic rings. The van der Waals surface area contributed by atoms with E-state index in [4.69, 9.17) is 21.7 Å². The van der Waals surface area contributed by atoms with Crippen molar-refractivity contribution >= 4 is 23.3 Å². The molecule has 0 unspecified atom stereocenters. The normalized spacial score (nSPS) is 11.6. The van der Waals surface area contributed by atoms with Crippen molar-refractivity contribution in [3.63, 3.8) is 0 Å². The van der Waals surface area contributed by atoms with Gasteiger partial charge < -0.3 is 19.0 Å². The first-order valence-corrected chi connectivity index (χ1v) is 6.50. The van der Waals surface area contributed by atoms with Gasteiger partial charge in [-0.3, -0.25) is 0 Å². The minimum atomic E-state index is -0.262. The topological polar surface area (TPSA) is 39.2 Å². The molecule has 1 aromatic carbocycles. The van der Waals surface area contributed by atoms with E-state index in [1.807, 2.05) is 4.57 Å². The summed E-state index contributed by atoms with van der Waals surface area (Å²) in [5.41, 5.74) is 1.64. The lowest BCUT2D eigenvalue weighted by Gasteiger charge is -2.13. The quantitative estimate of drug-likeness (QED) is 0.654. The molecule has 0 saturated carbocycles. The van der Waals surface area contributed by atoms with Crippen LogP contribution >= 0.6 is 12.2 Å². The number of hydrogen-bond donors (Lipinski definition) is 1. The second-order valence-corrected chi connectivity index (χ2v) is 4.67. The highest BCUT2D eigenvalue weighted by Crippen LogP contribution is 2.17. The molecule has 104 valence electrons. The third-order valence-corrected chi connectivity index (χ3v) is 3.41. The monoisotopic (exact) mass is 284 g/mol. The van der Waals surface area contributed by atoms with Crippen molar-refractivity contribution < 1.29 is 13.9 Å². The van der Waals surface area contributed by atoms with Gasteiger partial charge >= 0.3 is 0 Å². The van der Waals surface area contributed by atoms with Gasteiger partial charge in [-0.05, 0) is 36.8 Å². The van der Waals surface area contributed by atoms with E-state index in [0.29, 0.717) is 11.3 Å².